The Hall–Kier alpha value is -2.50. The number of rotatable bonds is 7. The molecule has 0 N–H and O–H groups in total. The Morgan fingerprint density at radius 3 is 2.39 bits per heavy atom. The van der Waals surface area contributed by atoms with Gasteiger partial charge in [-0.2, -0.15) is 0 Å². The first-order valence-electron chi connectivity index (χ1n) is 12.9. The third-order valence-corrected chi connectivity index (χ3v) is 7.40. The molecule has 4 rings (SSSR count). The molecule has 2 saturated heterocycles. The van der Waals surface area contributed by atoms with E-state index in [1.54, 1.807) is 6.07 Å². The average molecular weight is 513 g/mol. The zero-order chi connectivity index (χ0) is 24.9. The standard InChI is InChI=1S/C30H37FN2O2.ClH/c1-21-16-24(8-6-7-13-32-14-11-27(34)12-15-32)17-22(2)29(21)33-20-25(18-23(3)30(33)35)19-26-9-4-5-10-28(26)31;/h4-6,8-10,16-17,23,25H,7,11-15,18-20H2,1-3H3;1H/b8-6+;/t23-,25-;/m1./s1. The van der Waals surface area contributed by atoms with Gasteiger partial charge in [-0.25, -0.2) is 4.39 Å². The maximum atomic E-state index is 14.3. The SMILES string of the molecule is Cc1cc(/C=C/CCN2CCC(=O)CC2)cc(C)c1N1C[C@@H](Cc2ccccc2F)C[C@@H](C)C1=O.Cl. The van der Waals surface area contributed by atoms with E-state index in [2.05, 4.69) is 43.0 Å². The van der Waals surface area contributed by atoms with Crippen molar-refractivity contribution in [2.45, 2.75) is 52.9 Å². The molecular formula is C30H38ClFN2O2. The Morgan fingerprint density at radius 1 is 1.06 bits per heavy atom. The molecule has 0 spiro atoms. The predicted octanol–water partition coefficient (Wildman–Crippen LogP) is 6.16. The summed E-state index contributed by atoms with van der Waals surface area (Å²) in [5, 5.41) is 0. The minimum Gasteiger partial charge on any atom is -0.311 e. The Labute approximate surface area is 221 Å². The van der Waals surface area contributed by atoms with E-state index in [1.165, 1.54) is 6.07 Å². The quantitative estimate of drug-likeness (QED) is 0.446. The summed E-state index contributed by atoms with van der Waals surface area (Å²) in [6.45, 7) is 9.48. The zero-order valence-electron chi connectivity index (χ0n) is 21.6. The van der Waals surface area contributed by atoms with Crippen molar-refractivity contribution in [2.75, 3.05) is 31.1 Å². The molecule has 0 aliphatic carbocycles. The molecule has 2 aromatic carbocycles. The van der Waals surface area contributed by atoms with Gasteiger partial charge in [-0.1, -0.05) is 37.3 Å². The van der Waals surface area contributed by atoms with Gasteiger partial charge >= 0.3 is 0 Å². The highest BCUT2D eigenvalue weighted by Crippen LogP contribution is 2.34. The number of anilines is 1. The molecule has 2 heterocycles. The molecule has 0 radical (unpaired) electrons. The van der Waals surface area contributed by atoms with Gasteiger partial charge in [-0.15, -0.1) is 12.4 Å². The first-order valence-corrected chi connectivity index (χ1v) is 12.9. The van der Waals surface area contributed by atoms with Crippen LogP contribution in [-0.2, 0) is 16.0 Å². The Bertz CT molecular complexity index is 1080. The van der Waals surface area contributed by atoms with Crippen LogP contribution in [0.3, 0.4) is 0 Å². The summed E-state index contributed by atoms with van der Waals surface area (Å²) in [6, 6.07) is 11.3. The topological polar surface area (TPSA) is 40.6 Å². The zero-order valence-corrected chi connectivity index (χ0v) is 22.5. The van der Waals surface area contributed by atoms with Crippen molar-refractivity contribution in [3.63, 3.8) is 0 Å². The molecule has 2 atom stereocenters. The first-order chi connectivity index (χ1) is 16.8. The van der Waals surface area contributed by atoms with Crippen molar-refractivity contribution in [3.8, 4) is 0 Å². The molecule has 0 unspecified atom stereocenters. The van der Waals surface area contributed by atoms with Gasteiger partial charge in [0.2, 0.25) is 5.91 Å². The number of ketones is 1. The molecule has 0 saturated carbocycles. The molecule has 0 bridgehead atoms. The van der Waals surface area contributed by atoms with Crippen molar-refractivity contribution in [1.29, 1.82) is 0 Å². The maximum Gasteiger partial charge on any atom is 0.229 e. The molecule has 2 aromatic rings. The van der Waals surface area contributed by atoms with Crippen LogP contribution in [0.15, 0.2) is 42.5 Å². The van der Waals surface area contributed by atoms with Gasteiger partial charge in [-0.3, -0.25) is 9.59 Å². The van der Waals surface area contributed by atoms with E-state index >= 15 is 0 Å². The van der Waals surface area contributed by atoms with E-state index in [4.69, 9.17) is 0 Å². The van der Waals surface area contributed by atoms with Crippen molar-refractivity contribution < 1.29 is 14.0 Å². The number of carbonyl (C=O) groups excluding carboxylic acids is 2. The minimum atomic E-state index is -0.166. The fraction of sp³-hybridized carbons (Fsp3) is 0.467. The number of nitrogens with zero attached hydrogens (tertiary/aromatic N) is 2. The van der Waals surface area contributed by atoms with E-state index in [-0.39, 0.29) is 36.0 Å². The lowest BCUT2D eigenvalue weighted by molar-refractivity contribution is -0.124. The van der Waals surface area contributed by atoms with Gasteiger partial charge in [0.25, 0.3) is 0 Å². The smallest absolute Gasteiger partial charge is 0.229 e. The highest BCUT2D eigenvalue weighted by atomic mass is 35.5. The van der Waals surface area contributed by atoms with E-state index in [0.717, 1.165) is 60.4 Å². The molecule has 2 aliphatic rings. The van der Waals surface area contributed by atoms with Crippen LogP contribution in [0.2, 0.25) is 0 Å². The highest BCUT2D eigenvalue weighted by molar-refractivity contribution is 5.97. The highest BCUT2D eigenvalue weighted by Gasteiger charge is 2.34. The molecular weight excluding hydrogens is 475 g/mol. The number of hydrogen-bond donors (Lipinski definition) is 0. The minimum absolute atomic E-state index is 0. The number of benzene rings is 2. The molecule has 0 aromatic heterocycles. The summed E-state index contributed by atoms with van der Waals surface area (Å²) in [4.78, 5) is 28.9. The van der Waals surface area contributed by atoms with Crippen LogP contribution in [0.1, 0.15) is 54.9 Å². The average Bonchev–Trinajstić information content (AvgIpc) is 2.82. The predicted molar refractivity (Wildman–Crippen MR) is 147 cm³/mol. The third-order valence-electron chi connectivity index (χ3n) is 7.40. The van der Waals surface area contributed by atoms with Gasteiger partial charge in [0.05, 0.1) is 0 Å². The maximum absolute atomic E-state index is 14.3. The van der Waals surface area contributed by atoms with Crippen LogP contribution in [0.5, 0.6) is 0 Å². The fourth-order valence-electron chi connectivity index (χ4n) is 5.63. The first kappa shape index (κ1) is 28.1. The lowest BCUT2D eigenvalue weighted by Crippen LogP contribution is -2.46. The number of amides is 1. The van der Waals surface area contributed by atoms with E-state index in [1.807, 2.05) is 24.0 Å². The molecule has 36 heavy (non-hydrogen) atoms. The van der Waals surface area contributed by atoms with Gasteiger partial charge in [0.1, 0.15) is 11.6 Å². The fourth-order valence-corrected chi connectivity index (χ4v) is 5.63. The molecule has 1 amide bonds. The van der Waals surface area contributed by atoms with E-state index in [9.17, 15) is 14.0 Å². The number of hydrogen-bond acceptors (Lipinski definition) is 3. The van der Waals surface area contributed by atoms with Gasteiger partial charge < -0.3 is 9.80 Å². The van der Waals surface area contributed by atoms with Crippen molar-refractivity contribution >= 4 is 35.9 Å². The van der Waals surface area contributed by atoms with E-state index in [0.29, 0.717) is 31.6 Å². The lowest BCUT2D eigenvalue weighted by atomic mass is 9.84. The van der Waals surface area contributed by atoms with Crippen molar-refractivity contribution in [2.24, 2.45) is 11.8 Å². The number of halogens is 2. The third kappa shape index (κ3) is 6.83. The second-order valence-corrected chi connectivity index (χ2v) is 10.3. The van der Waals surface area contributed by atoms with E-state index < -0.39 is 0 Å². The summed E-state index contributed by atoms with van der Waals surface area (Å²) in [7, 11) is 0. The van der Waals surface area contributed by atoms with Crippen LogP contribution in [0.4, 0.5) is 10.1 Å². The molecule has 194 valence electrons. The van der Waals surface area contributed by atoms with Gasteiger partial charge in [0, 0.05) is 50.6 Å². The molecule has 2 aliphatic heterocycles. The second kappa shape index (κ2) is 12.6. The second-order valence-electron chi connectivity index (χ2n) is 10.3. The summed E-state index contributed by atoms with van der Waals surface area (Å²) in [5.41, 5.74) is 5.04. The van der Waals surface area contributed by atoms with Crippen LogP contribution in [-0.4, -0.2) is 42.8 Å². The Kier molecular flexibility index (Phi) is 9.86. The summed E-state index contributed by atoms with van der Waals surface area (Å²) >= 11 is 0. The van der Waals surface area contributed by atoms with Crippen LogP contribution in [0, 0.1) is 31.5 Å². The summed E-state index contributed by atoms with van der Waals surface area (Å²) < 4.78 is 14.3. The normalized spacial score (nSPS) is 21.2. The van der Waals surface area contributed by atoms with Gasteiger partial charge in [0.15, 0.2) is 0 Å². The van der Waals surface area contributed by atoms with Crippen LogP contribution < -0.4 is 4.90 Å². The largest absolute Gasteiger partial charge is 0.311 e. The molecule has 2 fully saturated rings. The Morgan fingerprint density at radius 2 is 1.72 bits per heavy atom. The molecule has 6 heteroatoms. The summed E-state index contributed by atoms with van der Waals surface area (Å²) in [5.74, 6) is 0.514. The van der Waals surface area contributed by atoms with Crippen molar-refractivity contribution in [1.82, 2.24) is 4.90 Å². The lowest BCUT2D eigenvalue weighted by Gasteiger charge is -2.38. The number of aryl methyl sites for hydroxylation is 2. The van der Waals surface area contributed by atoms with Gasteiger partial charge in [-0.05, 0) is 79.5 Å². The Balaban J connectivity index is 0.00000361. The number of Topliss-reactive ketones (excluding diaryl/α,β-unsaturated/α-hetero) is 1. The summed E-state index contributed by atoms with van der Waals surface area (Å²) in [6.07, 6.45) is 8.09. The molecule has 4 nitrogen and oxygen atoms in total. The van der Waals surface area contributed by atoms with Crippen molar-refractivity contribution in [3.05, 3.63) is 70.5 Å². The number of carbonyl (C=O) groups is 2. The monoisotopic (exact) mass is 512 g/mol. The number of likely N-dealkylation sites (tertiary alicyclic amines) is 1. The number of piperidine rings is 2. The van der Waals surface area contributed by atoms with Crippen LogP contribution in [0.25, 0.3) is 6.08 Å². The van der Waals surface area contributed by atoms with Crippen LogP contribution >= 0.6 is 12.4 Å².